The van der Waals surface area contributed by atoms with E-state index in [1.54, 1.807) is 7.11 Å². The summed E-state index contributed by atoms with van der Waals surface area (Å²) in [5.41, 5.74) is 1.08. The van der Waals surface area contributed by atoms with Crippen LogP contribution in [0.2, 0.25) is 0 Å². The maximum absolute atomic E-state index is 12.5. The smallest absolute Gasteiger partial charge is 0.315 e. The standard InChI is InChI=1S/C14H25NO4/c1-3-19-12(16)13-8-4-5-10-14(13,17)11(15-18-2)7-6-9-13/h11,15,17H,3-10H2,1-2H3/t11-,13+,14+/m1/s1. The molecule has 0 aromatic heterocycles. The van der Waals surface area contributed by atoms with Crippen molar-refractivity contribution in [3.8, 4) is 0 Å². The normalized spacial score (nSPS) is 38.6. The summed E-state index contributed by atoms with van der Waals surface area (Å²) in [4.78, 5) is 17.5. The Balaban J connectivity index is 2.32. The van der Waals surface area contributed by atoms with Gasteiger partial charge in [0.05, 0.1) is 30.8 Å². The first kappa shape index (κ1) is 14.8. The highest BCUT2D eigenvalue weighted by molar-refractivity contribution is 5.79. The van der Waals surface area contributed by atoms with E-state index in [0.717, 1.165) is 25.7 Å². The zero-order valence-electron chi connectivity index (χ0n) is 11.9. The number of nitrogens with one attached hydrogen (secondary N) is 1. The third-order valence-electron chi connectivity index (χ3n) is 4.84. The molecule has 0 aromatic rings. The Morgan fingerprint density at radius 3 is 2.68 bits per heavy atom. The molecule has 2 aliphatic rings. The number of carbonyl (C=O) groups is 1. The molecule has 0 bridgehead atoms. The van der Waals surface area contributed by atoms with Crippen molar-refractivity contribution in [2.75, 3.05) is 13.7 Å². The number of hydroxylamine groups is 1. The lowest BCUT2D eigenvalue weighted by molar-refractivity contribution is -0.208. The Hall–Kier alpha value is -0.650. The summed E-state index contributed by atoms with van der Waals surface area (Å²) >= 11 is 0. The molecular weight excluding hydrogens is 246 g/mol. The largest absolute Gasteiger partial charge is 0.465 e. The minimum absolute atomic E-state index is 0.198. The SMILES string of the molecule is CCOC(=O)[C@@]12CCCC[C@]1(O)[C@H](NOC)CCC2. The maximum Gasteiger partial charge on any atom is 0.315 e. The molecule has 0 heterocycles. The van der Waals surface area contributed by atoms with Crippen molar-refractivity contribution in [3.05, 3.63) is 0 Å². The lowest BCUT2D eigenvalue weighted by Crippen LogP contribution is -2.67. The Morgan fingerprint density at radius 2 is 2.00 bits per heavy atom. The number of rotatable bonds is 4. The van der Waals surface area contributed by atoms with Gasteiger partial charge in [0, 0.05) is 0 Å². The van der Waals surface area contributed by atoms with Crippen molar-refractivity contribution in [3.63, 3.8) is 0 Å². The highest BCUT2D eigenvalue weighted by Crippen LogP contribution is 2.54. The number of ether oxygens (including phenoxy) is 1. The molecular formula is C14H25NO4. The molecule has 3 atom stereocenters. The van der Waals surface area contributed by atoms with E-state index >= 15 is 0 Å². The summed E-state index contributed by atoms with van der Waals surface area (Å²) in [6.45, 7) is 2.17. The van der Waals surface area contributed by atoms with Crippen LogP contribution in [0, 0.1) is 5.41 Å². The van der Waals surface area contributed by atoms with Gasteiger partial charge in [0.2, 0.25) is 0 Å². The summed E-state index contributed by atoms with van der Waals surface area (Å²) in [5.74, 6) is -0.236. The molecule has 2 aliphatic carbocycles. The molecule has 0 aromatic carbocycles. The average Bonchev–Trinajstić information content (AvgIpc) is 2.40. The Bertz CT molecular complexity index is 329. The van der Waals surface area contributed by atoms with E-state index in [4.69, 9.17) is 9.57 Å². The van der Waals surface area contributed by atoms with Gasteiger partial charge >= 0.3 is 5.97 Å². The lowest BCUT2D eigenvalue weighted by Gasteiger charge is -2.55. The number of esters is 1. The average molecular weight is 271 g/mol. The summed E-state index contributed by atoms with van der Waals surface area (Å²) < 4.78 is 5.27. The minimum Gasteiger partial charge on any atom is -0.465 e. The predicted octanol–water partition coefficient (Wildman–Crippen LogP) is 1.54. The van der Waals surface area contributed by atoms with Crippen LogP contribution in [0.1, 0.15) is 51.9 Å². The van der Waals surface area contributed by atoms with Crippen LogP contribution in [-0.4, -0.2) is 36.4 Å². The summed E-state index contributed by atoms with van der Waals surface area (Å²) in [6.07, 6.45) is 5.70. The second-order valence-electron chi connectivity index (χ2n) is 5.70. The molecule has 0 unspecified atom stereocenters. The van der Waals surface area contributed by atoms with E-state index in [-0.39, 0.29) is 12.0 Å². The van der Waals surface area contributed by atoms with Gasteiger partial charge in [-0.05, 0) is 32.6 Å². The molecule has 2 fully saturated rings. The maximum atomic E-state index is 12.5. The van der Waals surface area contributed by atoms with E-state index in [1.807, 2.05) is 6.92 Å². The topological polar surface area (TPSA) is 67.8 Å². The second kappa shape index (κ2) is 5.77. The van der Waals surface area contributed by atoms with Crippen LogP contribution >= 0.6 is 0 Å². The lowest BCUT2D eigenvalue weighted by atomic mass is 9.54. The Labute approximate surface area is 114 Å². The third-order valence-corrected chi connectivity index (χ3v) is 4.84. The minimum atomic E-state index is -1.05. The molecule has 5 nitrogen and oxygen atoms in total. The Morgan fingerprint density at radius 1 is 1.32 bits per heavy atom. The van der Waals surface area contributed by atoms with Crippen LogP contribution in [0.25, 0.3) is 0 Å². The van der Waals surface area contributed by atoms with Crippen LogP contribution in [-0.2, 0) is 14.4 Å². The second-order valence-corrected chi connectivity index (χ2v) is 5.70. The Kier molecular flexibility index (Phi) is 4.48. The van der Waals surface area contributed by atoms with E-state index in [1.165, 1.54) is 0 Å². The van der Waals surface area contributed by atoms with Crippen molar-refractivity contribution in [2.45, 2.75) is 63.5 Å². The first-order chi connectivity index (χ1) is 9.10. The monoisotopic (exact) mass is 271 g/mol. The molecule has 0 spiro atoms. The summed E-state index contributed by atoms with van der Waals surface area (Å²) in [7, 11) is 1.55. The van der Waals surface area contributed by atoms with Gasteiger partial charge in [-0.15, -0.1) is 0 Å². The van der Waals surface area contributed by atoms with Gasteiger partial charge < -0.3 is 14.7 Å². The van der Waals surface area contributed by atoms with Crippen LogP contribution < -0.4 is 5.48 Å². The molecule has 0 aliphatic heterocycles. The van der Waals surface area contributed by atoms with Gasteiger partial charge in [0.25, 0.3) is 0 Å². The first-order valence-electron chi connectivity index (χ1n) is 7.29. The van der Waals surface area contributed by atoms with E-state index in [0.29, 0.717) is 25.9 Å². The number of carbonyl (C=O) groups excluding carboxylic acids is 1. The van der Waals surface area contributed by atoms with Crippen molar-refractivity contribution < 1.29 is 19.5 Å². The molecule has 2 saturated carbocycles. The van der Waals surface area contributed by atoms with Crippen LogP contribution in [0.4, 0.5) is 0 Å². The van der Waals surface area contributed by atoms with Gasteiger partial charge in [-0.25, -0.2) is 0 Å². The molecule has 0 saturated heterocycles. The molecule has 0 amide bonds. The highest BCUT2D eigenvalue weighted by atomic mass is 16.6. The third kappa shape index (κ3) is 2.28. The molecule has 0 radical (unpaired) electrons. The summed E-state index contributed by atoms with van der Waals surface area (Å²) in [6, 6.07) is -0.198. The van der Waals surface area contributed by atoms with Crippen molar-refractivity contribution in [2.24, 2.45) is 5.41 Å². The molecule has 2 N–H and O–H groups in total. The van der Waals surface area contributed by atoms with Crippen LogP contribution in [0.3, 0.4) is 0 Å². The van der Waals surface area contributed by atoms with Crippen LogP contribution in [0.15, 0.2) is 0 Å². The van der Waals surface area contributed by atoms with Gasteiger partial charge in [-0.1, -0.05) is 19.3 Å². The van der Waals surface area contributed by atoms with Gasteiger partial charge in [-0.2, -0.15) is 5.48 Å². The van der Waals surface area contributed by atoms with E-state index in [2.05, 4.69) is 5.48 Å². The van der Waals surface area contributed by atoms with Crippen molar-refractivity contribution >= 4 is 5.97 Å². The van der Waals surface area contributed by atoms with Crippen molar-refractivity contribution in [1.82, 2.24) is 5.48 Å². The number of hydrogen-bond acceptors (Lipinski definition) is 5. The molecule has 2 rings (SSSR count). The zero-order valence-corrected chi connectivity index (χ0v) is 11.9. The zero-order chi connectivity index (χ0) is 13.9. The fourth-order valence-electron chi connectivity index (χ4n) is 3.92. The number of hydrogen-bond donors (Lipinski definition) is 2. The fraction of sp³-hybridized carbons (Fsp3) is 0.929. The molecule has 19 heavy (non-hydrogen) atoms. The number of aliphatic hydroxyl groups is 1. The quantitative estimate of drug-likeness (QED) is 0.600. The molecule has 110 valence electrons. The van der Waals surface area contributed by atoms with Crippen LogP contribution in [0.5, 0.6) is 0 Å². The van der Waals surface area contributed by atoms with Gasteiger partial charge in [-0.3, -0.25) is 4.79 Å². The van der Waals surface area contributed by atoms with Crippen molar-refractivity contribution in [1.29, 1.82) is 0 Å². The molecule has 5 heteroatoms. The summed E-state index contributed by atoms with van der Waals surface area (Å²) in [5, 5.41) is 11.2. The number of fused-ring (bicyclic) bond motifs is 1. The van der Waals surface area contributed by atoms with Gasteiger partial charge in [0.15, 0.2) is 0 Å². The van der Waals surface area contributed by atoms with Gasteiger partial charge in [0.1, 0.15) is 0 Å². The highest BCUT2D eigenvalue weighted by Gasteiger charge is 2.62. The predicted molar refractivity (Wildman–Crippen MR) is 70.3 cm³/mol. The van der Waals surface area contributed by atoms with E-state index < -0.39 is 11.0 Å². The fourth-order valence-corrected chi connectivity index (χ4v) is 3.92. The first-order valence-corrected chi connectivity index (χ1v) is 7.29. The van der Waals surface area contributed by atoms with E-state index in [9.17, 15) is 9.90 Å².